The van der Waals surface area contributed by atoms with Gasteiger partial charge >= 0.3 is 0 Å². The Morgan fingerprint density at radius 3 is 2.38 bits per heavy atom. The Morgan fingerprint density at radius 1 is 1.21 bits per heavy atom. The lowest BCUT2D eigenvalue weighted by Crippen LogP contribution is -2.54. The molecule has 0 amide bonds. The Balaban J connectivity index is 2.17. The molecule has 2 rings (SSSR count). The van der Waals surface area contributed by atoms with E-state index < -0.39 is 30.3 Å². The monoisotopic (exact) mass is 512 g/mol. The Kier molecular flexibility index (Phi) is 9.75. The fraction of sp³-hybridized carbons (Fsp3) is 0.692. The number of hydrogen-bond donors (Lipinski definition) is 0. The molecule has 1 saturated heterocycles. The summed E-state index contributed by atoms with van der Waals surface area (Å²) >= 11 is 0. The Hall–Kier alpha value is -1.03. The SMILES string of the molecule is C=CCCC[C@@H](O[Si](C)(C)C(C)(C)C)[C@H]1C[C@H](COS(=O)(=O)c2ccc(C)cc2)OC(C)(C)O1. The van der Waals surface area contributed by atoms with Gasteiger partial charge in [0.1, 0.15) is 0 Å². The van der Waals surface area contributed by atoms with Crippen molar-refractivity contribution in [3.63, 3.8) is 0 Å². The van der Waals surface area contributed by atoms with Gasteiger partial charge in [0, 0.05) is 6.42 Å². The molecule has 0 bridgehead atoms. The predicted octanol–water partition coefficient (Wildman–Crippen LogP) is 6.36. The summed E-state index contributed by atoms with van der Waals surface area (Å²) in [6.45, 7) is 20.5. The van der Waals surface area contributed by atoms with Crippen LogP contribution in [-0.4, -0.2) is 47.4 Å². The van der Waals surface area contributed by atoms with E-state index in [9.17, 15) is 8.42 Å². The summed E-state index contributed by atoms with van der Waals surface area (Å²) in [6, 6.07) is 6.63. The molecular weight excluding hydrogens is 468 g/mol. The standard InChI is InChI=1S/C26H44O6SSi/c1-10-11-12-13-23(32-34(8,9)25(3,4)5)24-18-21(30-26(6,7)31-24)19-29-33(27,28)22-16-14-20(2)15-17-22/h10,14-17,21,23-24H,1,11-13,18-19H2,2-9H3/t21-,23-,24-/m1/s1. The topological polar surface area (TPSA) is 71.1 Å². The molecule has 0 aliphatic carbocycles. The zero-order valence-electron chi connectivity index (χ0n) is 22.2. The van der Waals surface area contributed by atoms with Crippen molar-refractivity contribution in [3.05, 3.63) is 42.5 Å². The van der Waals surface area contributed by atoms with Gasteiger partial charge in [0.25, 0.3) is 10.1 Å². The predicted molar refractivity (Wildman–Crippen MR) is 139 cm³/mol. The van der Waals surface area contributed by atoms with E-state index in [0.29, 0.717) is 6.42 Å². The molecule has 1 aliphatic heterocycles. The lowest BCUT2D eigenvalue weighted by molar-refractivity contribution is -0.314. The molecule has 1 aromatic rings. The molecule has 0 radical (unpaired) electrons. The maximum Gasteiger partial charge on any atom is 0.297 e. The lowest BCUT2D eigenvalue weighted by Gasteiger charge is -2.46. The average Bonchev–Trinajstić information content (AvgIpc) is 2.70. The van der Waals surface area contributed by atoms with Crippen LogP contribution in [0.3, 0.4) is 0 Å². The van der Waals surface area contributed by atoms with Gasteiger partial charge in [-0.05, 0) is 70.3 Å². The molecule has 0 aromatic heterocycles. The normalized spacial score (nSPS) is 22.4. The van der Waals surface area contributed by atoms with E-state index in [0.717, 1.165) is 24.8 Å². The lowest BCUT2D eigenvalue weighted by atomic mass is 9.99. The van der Waals surface area contributed by atoms with Crippen molar-refractivity contribution in [2.75, 3.05) is 6.61 Å². The Bertz CT molecular complexity index is 902. The van der Waals surface area contributed by atoms with Crippen LogP contribution in [-0.2, 0) is 28.2 Å². The molecule has 6 nitrogen and oxygen atoms in total. The molecule has 1 aliphatic rings. The maximum atomic E-state index is 12.7. The van der Waals surface area contributed by atoms with Crippen LogP contribution in [0.1, 0.15) is 65.9 Å². The van der Waals surface area contributed by atoms with E-state index >= 15 is 0 Å². The first-order valence-corrected chi connectivity index (χ1v) is 16.5. The first-order valence-electron chi connectivity index (χ1n) is 12.2. The fourth-order valence-electron chi connectivity index (χ4n) is 3.76. The number of rotatable bonds is 11. The van der Waals surface area contributed by atoms with Crippen molar-refractivity contribution in [1.29, 1.82) is 0 Å². The van der Waals surface area contributed by atoms with Gasteiger partial charge in [-0.25, -0.2) is 0 Å². The number of allylic oxidation sites excluding steroid dienone is 1. The Morgan fingerprint density at radius 2 is 1.82 bits per heavy atom. The number of hydrogen-bond acceptors (Lipinski definition) is 6. The van der Waals surface area contributed by atoms with E-state index in [1.54, 1.807) is 24.3 Å². The highest BCUT2D eigenvalue weighted by Crippen LogP contribution is 2.40. The molecular formula is C26H44O6SSi. The summed E-state index contributed by atoms with van der Waals surface area (Å²) in [4.78, 5) is 0.143. The third-order valence-electron chi connectivity index (χ3n) is 6.66. The fourth-order valence-corrected chi connectivity index (χ4v) is 6.07. The minimum atomic E-state index is -3.87. The van der Waals surface area contributed by atoms with Crippen LogP contribution in [0.2, 0.25) is 18.1 Å². The van der Waals surface area contributed by atoms with Gasteiger partial charge in [-0.2, -0.15) is 8.42 Å². The molecule has 194 valence electrons. The summed E-state index contributed by atoms with van der Waals surface area (Å²) in [5, 5.41) is 0.0645. The van der Waals surface area contributed by atoms with Crippen LogP contribution in [0.5, 0.6) is 0 Å². The molecule has 1 aromatic carbocycles. The van der Waals surface area contributed by atoms with Crippen molar-refractivity contribution >= 4 is 18.4 Å². The highest BCUT2D eigenvalue weighted by molar-refractivity contribution is 7.86. The average molecular weight is 513 g/mol. The van der Waals surface area contributed by atoms with E-state index in [1.165, 1.54) is 0 Å². The van der Waals surface area contributed by atoms with E-state index in [2.05, 4.69) is 40.4 Å². The second kappa shape index (κ2) is 11.4. The highest BCUT2D eigenvalue weighted by Gasteiger charge is 2.45. The quantitative estimate of drug-likeness (QED) is 0.149. The van der Waals surface area contributed by atoms with Gasteiger partial charge < -0.3 is 13.9 Å². The van der Waals surface area contributed by atoms with Crippen molar-refractivity contribution in [1.82, 2.24) is 0 Å². The summed E-state index contributed by atoms with van der Waals surface area (Å²) in [5.74, 6) is -0.877. The van der Waals surface area contributed by atoms with E-state index in [4.69, 9.17) is 18.1 Å². The summed E-state index contributed by atoms with van der Waals surface area (Å²) in [6.07, 6.45) is 4.36. The summed E-state index contributed by atoms with van der Waals surface area (Å²) in [5.41, 5.74) is 0.987. The van der Waals surface area contributed by atoms with Crippen LogP contribution in [0.15, 0.2) is 41.8 Å². The number of ether oxygens (including phenoxy) is 2. The van der Waals surface area contributed by atoms with Crippen LogP contribution >= 0.6 is 0 Å². The molecule has 34 heavy (non-hydrogen) atoms. The molecule has 0 N–H and O–H groups in total. The van der Waals surface area contributed by atoms with Crippen molar-refractivity contribution in [2.45, 2.75) is 114 Å². The van der Waals surface area contributed by atoms with Gasteiger partial charge in [-0.15, -0.1) is 6.58 Å². The van der Waals surface area contributed by atoms with Crippen LogP contribution in [0.25, 0.3) is 0 Å². The molecule has 0 spiro atoms. The maximum absolute atomic E-state index is 12.7. The van der Waals surface area contributed by atoms with E-state index in [1.807, 2.05) is 26.8 Å². The summed E-state index contributed by atoms with van der Waals surface area (Å²) < 4.78 is 50.0. The van der Waals surface area contributed by atoms with Crippen molar-refractivity contribution < 1.29 is 26.5 Å². The molecule has 8 heteroatoms. The largest absolute Gasteiger partial charge is 0.411 e. The first-order chi connectivity index (χ1) is 15.6. The number of unbranched alkanes of at least 4 members (excludes halogenated alkanes) is 1. The van der Waals surface area contributed by atoms with Gasteiger partial charge in [-0.3, -0.25) is 4.18 Å². The minimum absolute atomic E-state index is 0.0645. The molecule has 1 fully saturated rings. The number of aryl methyl sites for hydroxylation is 1. The summed E-state index contributed by atoms with van der Waals surface area (Å²) in [7, 11) is -5.92. The third kappa shape index (κ3) is 8.28. The van der Waals surface area contributed by atoms with Crippen molar-refractivity contribution in [3.8, 4) is 0 Å². The highest BCUT2D eigenvalue weighted by atomic mass is 32.2. The smallest absolute Gasteiger partial charge is 0.297 e. The van der Waals surface area contributed by atoms with Gasteiger partial charge in [0.2, 0.25) is 0 Å². The van der Waals surface area contributed by atoms with E-state index in [-0.39, 0.29) is 28.7 Å². The zero-order chi connectivity index (χ0) is 25.8. The number of benzene rings is 1. The third-order valence-corrected chi connectivity index (χ3v) is 12.5. The van der Waals surface area contributed by atoms with Crippen molar-refractivity contribution in [2.24, 2.45) is 0 Å². The first kappa shape index (κ1) is 29.2. The van der Waals surface area contributed by atoms with Gasteiger partial charge in [-0.1, -0.05) is 44.5 Å². The van der Waals surface area contributed by atoms with Crippen LogP contribution < -0.4 is 0 Å². The second-order valence-corrected chi connectivity index (χ2v) is 17.6. The van der Waals surface area contributed by atoms with Crippen LogP contribution in [0, 0.1) is 6.92 Å². The molecule has 0 unspecified atom stereocenters. The van der Waals surface area contributed by atoms with Gasteiger partial charge in [0.15, 0.2) is 14.1 Å². The van der Waals surface area contributed by atoms with Gasteiger partial charge in [0.05, 0.1) is 29.8 Å². The molecule has 0 saturated carbocycles. The zero-order valence-corrected chi connectivity index (χ0v) is 24.0. The molecule has 3 atom stereocenters. The minimum Gasteiger partial charge on any atom is -0.411 e. The molecule has 1 heterocycles. The second-order valence-electron chi connectivity index (χ2n) is 11.2. The Labute approximate surface area is 208 Å². The van der Waals surface area contributed by atoms with Crippen LogP contribution in [0.4, 0.5) is 0 Å².